The standard InChI is InChI=1S/C10H10F2N2/c1-14-10(2-3-13-14)7-4-8(11)6-9(12)5-7/h3-6,10H,2H2,1H3. The van der Waals surface area contributed by atoms with Crippen LogP contribution in [-0.2, 0) is 0 Å². The molecule has 0 aromatic heterocycles. The molecule has 14 heavy (non-hydrogen) atoms. The van der Waals surface area contributed by atoms with E-state index < -0.39 is 11.6 Å². The Morgan fingerprint density at radius 1 is 1.29 bits per heavy atom. The van der Waals surface area contributed by atoms with E-state index in [0.29, 0.717) is 12.0 Å². The van der Waals surface area contributed by atoms with Gasteiger partial charge in [-0.2, -0.15) is 5.10 Å². The predicted molar refractivity (Wildman–Crippen MR) is 50.0 cm³/mol. The van der Waals surface area contributed by atoms with Crippen LogP contribution in [0.25, 0.3) is 0 Å². The van der Waals surface area contributed by atoms with Gasteiger partial charge in [-0.1, -0.05) is 0 Å². The molecule has 1 unspecified atom stereocenters. The van der Waals surface area contributed by atoms with Crippen molar-refractivity contribution in [1.82, 2.24) is 5.01 Å². The second-order valence-electron chi connectivity index (χ2n) is 3.33. The third-order valence-electron chi connectivity index (χ3n) is 2.31. The first-order chi connectivity index (χ1) is 6.66. The molecule has 1 aliphatic rings. The Morgan fingerprint density at radius 3 is 2.43 bits per heavy atom. The molecule has 0 fully saturated rings. The van der Waals surface area contributed by atoms with Crippen molar-refractivity contribution < 1.29 is 8.78 Å². The molecule has 0 N–H and O–H groups in total. The van der Waals surface area contributed by atoms with Gasteiger partial charge in [0.1, 0.15) is 11.6 Å². The SMILES string of the molecule is CN1N=CCC1c1cc(F)cc(F)c1. The van der Waals surface area contributed by atoms with E-state index in [-0.39, 0.29) is 6.04 Å². The molecule has 0 saturated heterocycles. The van der Waals surface area contributed by atoms with Gasteiger partial charge in [0.2, 0.25) is 0 Å². The Balaban J connectivity index is 2.32. The molecule has 1 aromatic carbocycles. The number of benzene rings is 1. The Bertz CT molecular complexity index is 356. The minimum absolute atomic E-state index is 0.0415. The van der Waals surface area contributed by atoms with Crippen molar-refractivity contribution in [1.29, 1.82) is 0 Å². The van der Waals surface area contributed by atoms with Gasteiger partial charge >= 0.3 is 0 Å². The largest absolute Gasteiger partial charge is 0.293 e. The summed E-state index contributed by atoms with van der Waals surface area (Å²) in [6.45, 7) is 0. The second-order valence-corrected chi connectivity index (χ2v) is 3.33. The maximum Gasteiger partial charge on any atom is 0.126 e. The zero-order valence-corrected chi connectivity index (χ0v) is 7.74. The van der Waals surface area contributed by atoms with E-state index in [1.165, 1.54) is 12.1 Å². The highest BCUT2D eigenvalue weighted by Crippen LogP contribution is 2.27. The van der Waals surface area contributed by atoms with E-state index >= 15 is 0 Å². The third-order valence-corrected chi connectivity index (χ3v) is 2.31. The quantitative estimate of drug-likeness (QED) is 0.673. The number of halogens is 2. The summed E-state index contributed by atoms with van der Waals surface area (Å²) < 4.78 is 25.8. The lowest BCUT2D eigenvalue weighted by atomic mass is 10.0. The lowest BCUT2D eigenvalue weighted by molar-refractivity contribution is 0.288. The van der Waals surface area contributed by atoms with Crippen molar-refractivity contribution in [2.24, 2.45) is 5.10 Å². The zero-order chi connectivity index (χ0) is 10.1. The molecule has 1 aliphatic heterocycles. The highest BCUT2D eigenvalue weighted by atomic mass is 19.1. The van der Waals surface area contributed by atoms with Crippen LogP contribution in [0, 0.1) is 11.6 Å². The van der Waals surface area contributed by atoms with Crippen molar-refractivity contribution in [3.05, 3.63) is 35.4 Å². The number of hydrogen-bond acceptors (Lipinski definition) is 2. The van der Waals surface area contributed by atoms with Crippen LogP contribution < -0.4 is 0 Å². The smallest absolute Gasteiger partial charge is 0.126 e. The predicted octanol–water partition coefficient (Wildman–Crippen LogP) is 2.33. The molecule has 2 nitrogen and oxygen atoms in total. The summed E-state index contributed by atoms with van der Waals surface area (Å²) in [6, 6.07) is 3.53. The average Bonchev–Trinajstić information content (AvgIpc) is 2.49. The Hall–Kier alpha value is -1.45. The summed E-state index contributed by atoms with van der Waals surface area (Å²) in [5.74, 6) is -1.08. The first-order valence-electron chi connectivity index (χ1n) is 4.38. The lowest BCUT2D eigenvalue weighted by Crippen LogP contribution is -2.14. The Kier molecular flexibility index (Phi) is 2.19. The van der Waals surface area contributed by atoms with Gasteiger partial charge in [0, 0.05) is 25.7 Å². The molecular formula is C10H10F2N2. The summed E-state index contributed by atoms with van der Waals surface area (Å²) in [5, 5.41) is 5.72. The maximum absolute atomic E-state index is 12.9. The Morgan fingerprint density at radius 2 is 1.93 bits per heavy atom. The topological polar surface area (TPSA) is 15.6 Å². The summed E-state index contributed by atoms with van der Waals surface area (Å²) in [7, 11) is 1.79. The summed E-state index contributed by atoms with van der Waals surface area (Å²) in [4.78, 5) is 0. The van der Waals surface area contributed by atoms with Gasteiger partial charge in [-0.15, -0.1) is 0 Å². The maximum atomic E-state index is 12.9. The third kappa shape index (κ3) is 1.60. The zero-order valence-electron chi connectivity index (χ0n) is 7.74. The van der Waals surface area contributed by atoms with Crippen LogP contribution in [0.5, 0.6) is 0 Å². The van der Waals surface area contributed by atoms with E-state index in [1.54, 1.807) is 18.3 Å². The molecule has 2 rings (SSSR count). The van der Waals surface area contributed by atoms with Gasteiger partial charge < -0.3 is 0 Å². The van der Waals surface area contributed by atoms with Crippen LogP contribution in [0.1, 0.15) is 18.0 Å². The van der Waals surface area contributed by atoms with Gasteiger partial charge in [-0.3, -0.25) is 5.01 Å². The molecule has 1 heterocycles. The molecule has 0 aliphatic carbocycles. The molecule has 0 saturated carbocycles. The van der Waals surface area contributed by atoms with Crippen LogP contribution in [0.2, 0.25) is 0 Å². The highest BCUT2D eigenvalue weighted by molar-refractivity contribution is 5.60. The van der Waals surface area contributed by atoms with Crippen LogP contribution in [0.3, 0.4) is 0 Å². The van der Waals surface area contributed by atoms with Crippen molar-refractivity contribution in [3.63, 3.8) is 0 Å². The molecule has 0 spiro atoms. The minimum Gasteiger partial charge on any atom is -0.293 e. The molecule has 0 amide bonds. The number of hydrazone groups is 1. The fourth-order valence-corrected chi connectivity index (χ4v) is 1.63. The second kappa shape index (κ2) is 3.36. The highest BCUT2D eigenvalue weighted by Gasteiger charge is 2.20. The van der Waals surface area contributed by atoms with Crippen LogP contribution >= 0.6 is 0 Å². The molecule has 0 radical (unpaired) electrons. The van der Waals surface area contributed by atoms with Gasteiger partial charge in [-0.05, 0) is 17.7 Å². The van der Waals surface area contributed by atoms with Crippen LogP contribution in [-0.4, -0.2) is 18.3 Å². The van der Waals surface area contributed by atoms with E-state index in [0.717, 1.165) is 6.07 Å². The van der Waals surface area contributed by atoms with Gasteiger partial charge in [0.15, 0.2) is 0 Å². The number of hydrogen-bond donors (Lipinski definition) is 0. The van der Waals surface area contributed by atoms with Crippen molar-refractivity contribution in [2.45, 2.75) is 12.5 Å². The molecule has 4 heteroatoms. The molecular weight excluding hydrogens is 186 g/mol. The summed E-state index contributed by atoms with van der Waals surface area (Å²) in [6.07, 6.45) is 2.44. The first kappa shape index (κ1) is 9.12. The summed E-state index contributed by atoms with van der Waals surface area (Å²) >= 11 is 0. The Labute approximate surface area is 80.8 Å². The van der Waals surface area contributed by atoms with Crippen LogP contribution in [0.4, 0.5) is 8.78 Å². The molecule has 0 bridgehead atoms. The van der Waals surface area contributed by atoms with Gasteiger partial charge in [0.25, 0.3) is 0 Å². The monoisotopic (exact) mass is 196 g/mol. The molecule has 1 atom stereocenters. The fraction of sp³-hybridized carbons (Fsp3) is 0.300. The van der Waals surface area contributed by atoms with Gasteiger partial charge in [-0.25, -0.2) is 8.78 Å². The average molecular weight is 196 g/mol. The van der Waals surface area contributed by atoms with Crippen molar-refractivity contribution in [3.8, 4) is 0 Å². The minimum atomic E-state index is -0.541. The van der Waals surface area contributed by atoms with Gasteiger partial charge in [0.05, 0.1) is 6.04 Å². The lowest BCUT2D eigenvalue weighted by Gasteiger charge is -2.19. The number of nitrogens with zero attached hydrogens (tertiary/aromatic N) is 2. The first-order valence-corrected chi connectivity index (χ1v) is 4.38. The van der Waals surface area contributed by atoms with E-state index in [2.05, 4.69) is 5.10 Å². The van der Waals surface area contributed by atoms with E-state index in [9.17, 15) is 8.78 Å². The van der Waals surface area contributed by atoms with E-state index in [4.69, 9.17) is 0 Å². The van der Waals surface area contributed by atoms with E-state index in [1.807, 2.05) is 0 Å². The fourth-order valence-electron chi connectivity index (χ4n) is 1.63. The normalized spacial score (nSPS) is 20.5. The van der Waals surface area contributed by atoms with Crippen molar-refractivity contribution >= 4 is 6.21 Å². The van der Waals surface area contributed by atoms with Crippen LogP contribution in [0.15, 0.2) is 23.3 Å². The molecule has 1 aromatic rings. The van der Waals surface area contributed by atoms with Crippen molar-refractivity contribution in [2.75, 3.05) is 7.05 Å². The number of rotatable bonds is 1. The summed E-state index contributed by atoms with van der Waals surface area (Å²) in [5.41, 5.74) is 0.627. The molecule has 74 valence electrons.